The predicted molar refractivity (Wildman–Crippen MR) is 109 cm³/mol. The molecule has 0 spiro atoms. The van der Waals surface area contributed by atoms with Gasteiger partial charge in [-0.05, 0) is 55.8 Å². The van der Waals surface area contributed by atoms with E-state index in [9.17, 15) is 13.5 Å². The van der Waals surface area contributed by atoms with Crippen LogP contribution in [0.4, 0.5) is 5.69 Å². The molecule has 0 aliphatic heterocycles. The molecule has 0 aromatic heterocycles. The van der Waals surface area contributed by atoms with Gasteiger partial charge in [0.25, 0.3) is 0 Å². The van der Waals surface area contributed by atoms with Gasteiger partial charge in [-0.15, -0.1) is 0 Å². The lowest BCUT2D eigenvalue weighted by atomic mass is 10.0. The second-order valence-electron chi connectivity index (χ2n) is 7.33. The zero-order chi connectivity index (χ0) is 19.7. The van der Waals surface area contributed by atoms with Crippen LogP contribution in [0.25, 0.3) is 10.8 Å². The number of phenolic OH excluding ortho intramolecular Hbond substituents is 1. The van der Waals surface area contributed by atoms with Crippen molar-refractivity contribution in [1.82, 2.24) is 4.72 Å². The Bertz CT molecular complexity index is 1110. The van der Waals surface area contributed by atoms with Gasteiger partial charge in [0, 0.05) is 17.3 Å². The number of fused-ring (bicyclic) bond motifs is 1. The molecule has 0 aliphatic rings. The lowest BCUT2D eigenvalue weighted by molar-refractivity contribution is 0.475. The van der Waals surface area contributed by atoms with Crippen molar-refractivity contribution in [1.29, 1.82) is 0 Å². The first-order valence-corrected chi connectivity index (χ1v) is 10.0. The maximum absolute atomic E-state index is 12.5. The first kappa shape index (κ1) is 19.1. The van der Waals surface area contributed by atoms with E-state index in [4.69, 9.17) is 0 Å². The topological polar surface area (TPSA) is 78.8 Å². The zero-order valence-electron chi connectivity index (χ0n) is 15.5. The first-order valence-electron chi connectivity index (χ1n) is 8.55. The third-order valence-corrected chi connectivity index (χ3v) is 5.61. The van der Waals surface area contributed by atoms with Crippen molar-refractivity contribution in [3.05, 3.63) is 66.2 Å². The maximum Gasteiger partial charge on any atom is 0.241 e. The van der Waals surface area contributed by atoms with Gasteiger partial charge in [0.2, 0.25) is 10.0 Å². The van der Waals surface area contributed by atoms with Gasteiger partial charge in [-0.3, -0.25) is 4.99 Å². The molecule has 0 bridgehead atoms. The fourth-order valence-electron chi connectivity index (χ4n) is 2.75. The van der Waals surface area contributed by atoms with Gasteiger partial charge in [0.05, 0.1) is 10.6 Å². The summed E-state index contributed by atoms with van der Waals surface area (Å²) in [5.74, 6) is 0.121. The predicted octanol–water partition coefficient (Wildman–Crippen LogP) is 4.37. The number of aliphatic imine (C=N–C) groups is 1. The number of rotatable bonds is 4. The Labute approximate surface area is 159 Å². The van der Waals surface area contributed by atoms with Crippen LogP contribution in [0.15, 0.2) is 70.6 Å². The number of sulfonamides is 1. The van der Waals surface area contributed by atoms with Gasteiger partial charge in [-0.1, -0.05) is 36.4 Å². The van der Waals surface area contributed by atoms with E-state index in [1.807, 2.05) is 30.3 Å². The molecule has 0 atom stereocenters. The second-order valence-corrected chi connectivity index (χ2v) is 9.01. The number of hydrogen-bond acceptors (Lipinski definition) is 4. The van der Waals surface area contributed by atoms with Crippen molar-refractivity contribution in [2.75, 3.05) is 0 Å². The number of phenols is 1. The number of nitrogens with one attached hydrogen (secondary N) is 1. The Hall–Kier alpha value is -2.70. The van der Waals surface area contributed by atoms with E-state index in [1.165, 1.54) is 12.1 Å². The quantitative estimate of drug-likeness (QED) is 0.658. The van der Waals surface area contributed by atoms with Gasteiger partial charge in [0.1, 0.15) is 5.75 Å². The minimum absolute atomic E-state index is 0.121. The lowest BCUT2D eigenvalue weighted by Crippen LogP contribution is -2.40. The van der Waals surface area contributed by atoms with Crippen molar-refractivity contribution in [2.24, 2.45) is 4.99 Å². The molecule has 2 N–H and O–H groups in total. The van der Waals surface area contributed by atoms with Crippen LogP contribution in [-0.4, -0.2) is 25.3 Å². The monoisotopic (exact) mass is 382 g/mol. The molecule has 5 nitrogen and oxygen atoms in total. The Kier molecular flexibility index (Phi) is 5.04. The molecule has 0 saturated carbocycles. The normalized spacial score (nSPS) is 12.7. The summed E-state index contributed by atoms with van der Waals surface area (Å²) in [6.07, 6.45) is 1.56. The van der Waals surface area contributed by atoms with E-state index in [-0.39, 0.29) is 10.6 Å². The van der Waals surface area contributed by atoms with Crippen LogP contribution in [0.2, 0.25) is 0 Å². The lowest BCUT2D eigenvalue weighted by Gasteiger charge is -2.20. The summed E-state index contributed by atoms with van der Waals surface area (Å²) in [6.45, 7) is 5.36. The highest BCUT2D eigenvalue weighted by molar-refractivity contribution is 7.89. The first-order chi connectivity index (χ1) is 12.7. The molecule has 3 rings (SSSR count). The number of nitrogens with zero attached hydrogens (tertiary/aromatic N) is 1. The Balaban J connectivity index is 1.97. The average Bonchev–Trinajstić information content (AvgIpc) is 2.59. The summed E-state index contributed by atoms with van der Waals surface area (Å²) in [6, 6.07) is 17.5. The highest BCUT2D eigenvalue weighted by Gasteiger charge is 2.22. The SMILES string of the molecule is CC(C)(C)NS(=O)(=O)c1cccc(N=Cc2c(O)ccc3ccccc23)c1. The highest BCUT2D eigenvalue weighted by Crippen LogP contribution is 2.26. The van der Waals surface area contributed by atoms with E-state index < -0.39 is 15.6 Å². The molecule has 3 aromatic rings. The molecule has 6 heteroatoms. The maximum atomic E-state index is 12.5. The van der Waals surface area contributed by atoms with Gasteiger partial charge in [0.15, 0.2) is 0 Å². The summed E-state index contributed by atoms with van der Waals surface area (Å²) in [5, 5.41) is 12.1. The largest absolute Gasteiger partial charge is 0.507 e. The number of aromatic hydroxyl groups is 1. The van der Waals surface area contributed by atoms with Crippen LogP contribution in [0, 0.1) is 0 Å². The molecule has 0 radical (unpaired) electrons. The number of benzene rings is 3. The minimum Gasteiger partial charge on any atom is -0.507 e. The summed E-state index contributed by atoms with van der Waals surface area (Å²) in [4.78, 5) is 4.53. The summed E-state index contributed by atoms with van der Waals surface area (Å²) < 4.78 is 27.6. The molecule has 27 heavy (non-hydrogen) atoms. The van der Waals surface area contributed by atoms with Crippen molar-refractivity contribution >= 4 is 32.7 Å². The van der Waals surface area contributed by atoms with Gasteiger partial charge < -0.3 is 5.11 Å². The van der Waals surface area contributed by atoms with E-state index in [0.717, 1.165) is 10.8 Å². The van der Waals surface area contributed by atoms with E-state index >= 15 is 0 Å². The highest BCUT2D eigenvalue weighted by atomic mass is 32.2. The van der Waals surface area contributed by atoms with Crippen molar-refractivity contribution < 1.29 is 13.5 Å². The van der Waals surface area contributed by atoms with E-state index in [2.05, 4.69) is 9.71 Å². The van der Waals surface area contributed by atoms with Crippen LogP contribution in [-0.2, 0) is 10.0 Å². The van der Waals surface area contributed by atoms with Crippen LogP contribution in [0.5, 0.6) is 5.75 Å². The fourth-order valence-corrected chi connectivity index (χ4v) is 4.21. The molecular weight excluding hydrogens is 360 g/mol. The molecule has 0 fully saturated rings. The fraction of sp³-hybridized carbons (Fsp3) is 0.190. The van der Waals surface area contributed by atoms with E-state index in [0.29, 0.717) is 11.3 Å². The minimum atomic E-state index is -3.64. The van der Waals surface area contributed by atoms with Gasteiger partial charge in [-0.2, -0.15) is 0 Å². The zero-order valence-corrected chi connectivity index (χ0v) is 16.3. The molecular formula is C21H22N2O3S. The van der Waals surface area contributed by atoms with Gasteiger partial charge in [-0.25, -0.2) is 13.1 Å². The second kappa shape index (κ2) is 7.13. The summed E-state index contributed by atoms with van der Waals surface area (Å²) in [5.41, 5.74) is 0.501. The Morgan fingerprint density at radius 1 is 1.00 bits per heavy atom. The molecule has 3 aromatic carbocycles. The van der Waals surface area contributed by atoms with Crippen LogP contribution in [0.3, 0.4) is 0 Å². The molecule has 0 saturated heterocycles. The van der Waals surface area contributed by atoms with Gasteiger partial charge >= 0.3 is 0 Å². The van der Waals surface area contributed by atoms with E-state index in [1.54, 1.807) is 45.2 Å². The van der Waals surface area contributed by atoms with Crippen molar-refractivity contribution in [3.8, 4) is 5.75 Å². The average molecular weight is 382 g/mol. The summed E-state index contributed by atoms with van der Waals surface area (Å²) in [7, 11) is -3.64. The van der Waals surface area contributed by atoms with Crippen molar-refractivity contribution in [3.63, 3.8) is 0 Å². The van der Waals surface area contributed by atoms with Crippen LogP contribution in [0.1, 0.15) is 26.3 Å². The van der Waals surface area contributed by atoms with Crippen LogP contribution >= 0.6 is 0 Å². The van der Waals surface area contributed by atoms with Crippen LogP contribution < -0.4 is 4.72 Å². The molecule has 0 unspecified atom stereocenters. The molecule has 0 aliphatic carbocycles. The van der Waals surface area contributed by atoms with Crippen molar-refractivity contribution in [2.45, 2.75) is 31.2 Å². The smallest absolute Gasteiger partial charge is 0.241 e. The molecule has 0 heterocycles. The molecule has 0 amide bonds. The summed E-state index contributed by atoms with van der Waals surface area (Å²) >= 11 is 0. The third-order valence-electron chi connectivity index (χ3n) is 3.86. The Morgan fingerprint density at radius 2 is 1.74 bits per heavy atom. The standard InChI is InChI=1S/C21H22N2O3S/c1-21(2,3)23-27(25,26)17-9-6-8-16(13-17)22-14-19-18-10-5-4-7-15(18)11-12-20(19)24/h4-14,23-24H,1-3H3. The molecule has 140 valence electrons. The third kappa shape index (κ3) is 4.53. The Morgan fingerprint density at radius 3 is 2.48 bits per heavy atom. The number of hydrogen-bond donors (Lipinski definition) is 2.